The maximum atomic E-state index is 9.71. The monoisotopic (exact) mass is 466 g/mol. The van der Waals surface area contributed by atoms with Crippen LogP contribution in [0.4, 0.5) is 17.2 Å². The number of aromatic nitrogens is 2. The molecular formula is C24H30N6O2S. The van der Waals surface area contributed by atoms with Gasteiger partial charge < -0.3 is 26.1 Å². The SMILES string of the molecule is CCOc1cc(N)c(C=N)cc1Nc1ncnc2sc3c(c12)CCC(C)C3.O=CN1CCC1. The van der Waals surface area contributed by atoms with Gasteiger partial charge in [0.25, 0.3) is 0 Å². The van der Waals surface area contributed by atoms with Crippen molar-refractivity contribution >= 4 is 51.4 Å². The molecule has 8 nitrogen and oxygen atoms in total. The van der Waals surface area contributed by atoms with E-state index in [1.165, 1.54) is 29.5 Å². The lowest BCUT2D eigenvalue weighted by molar-refractivity contribution is -0.121. The average Bonchev–Trinajstić information content (AvgIpc) is 3.13. The highest BCUT2D eigenvalue weighted by Crippen LogP contribution is 2.41. The molecule has 4 N–H and O–H groups in total. The minimum atomic E-state index is 0.522. The van der Waals surface area contributed by atoms with Crippen molar-refractivity contribution in [1.82, 2.24) is 14.9 Å². The molecule has 1 unspecified atom stereocenters. The van der Waals surface area contributed by atoms with E-state index >= 15 is 0 Å². The molecular weight excluding hydrogens is 436 g/mol. The third-order valence-electron chi connectivity index (χ3n) is 6.03. The molecule has 1 fully saturated rings. The van der Waals surface area contributed by atoms with E-state index in [0.717, 1.165) is 54.1 Å². The summed E-state index contributed by atoms with van der Waals surface area (Å²) in [4.78, 5) is 22.9. The molecule has 1 aliphatic heterocycles. The van der Waals surface area contributed by atoms with Gasteiger partial charge in [-0.2, -0.15) is 0 Å². The number of carbonyl (C=O) groups excluding carboxylic acids is 1. The zero-order chi connectivity index (χ0) is 23.4. The lowest BCUT2D eigenvalue weighted by atomic mass is 9.89. The highest BCUT2D eigenvalue weighted by atomic mass is 32.1. The van der Waals surface area contributed by atoms with Crippen molar-refractivity contribution in [2.24, 2.45) is 5.92 Å². The number of hydrogen-bond donors (Lipinski definition) is 3. The summed E-state index contributed by atoms with van der Waals surface area (Å²) in [5, 5.41) is 12.1. The van der Waals surface area contributed by atoms with E-state index in [9.17, 15) is 4.79 Å². The fraction of sp³-hybridized carbons (Fsp3) is 0.417. The van der Waals surface area contributed by atoms with Gasteiger partial charge in [-0.3, -0.25) is 4.79 Å². The van der Waals surface area contributed by atoms with Crippen LogP contribution in [-0.4, -0.2) is 47.2 Å². The molecule has 0 radical (unpaired) electrons. The quantitative estimate of drug-likeness (QED) is 0.282. The van der Waals surface area contributed by atoms with Gasteiger partial charge in [0.05, 0.1) is 17.7 Å². The van der Waals surface area contributed by atoms with E-state index < -0.39 is 0 Å². The van der Waals surface area contributed by atoms with Crippen LogP contribution in [0.3, 0.4) is 0 Å². The van der Waals surface area contributed by atoms with Crippen LogP contribution in [0.2, 0.25) is 0 Å². The Morgan fingerprint density at radius 1 is 1.36 bits per heavy atom. The third kappa shape index (κ3) is 4.93. The van der Waals surface area contributed by atoms with Crippen molar-refractivity contribution in [1.29, 1.82) is 5.41 Å². The molecule has 1 aromatic carbocycles. The van der Waals surface area contributed by atoms with E-state index in [1.807, 2.05) is 13.0 Å². The number of nitrogens with one attached hydrogen (secondary N) is 2. The largest absolute Gasteiger partial charge is 0.492 e. The predicted molar refractivity (Wildman–Crippen MR) is 134 cm³/mol. The molecule has 1 aliphatic carbocycles. The molecule has 0 saturated carbocycles. The number of carbonyl (C=O) groups is 1. The van der Waals surface area contributed by atoms with Crippen LogP contribution in [0.15, 0.2) is 18.5 Å². The number of thiophene rings is 1. The number of anilines is 3. The highest BCUT2D eigenvalue weighted by molar-refractivity contribution is 7.19. The number of nitrogens with zero attached hydrogens (tertiary/aromatic N) is 3. The van der Waals surface area contributed by atoms with Crippen LogP contribution >= 0.6 is 11.3 Å². The van der Waals surface area contributed by atoms with Gasteiger partial charge in [0.2, 0.25) is 6.41 Å². The van der Waals surface area contributed by atoms with Crippen LogP contribution in [0.5, 0.6) is 5.75 Å². The molecule has 1 saturated heterocycles. The van der Waals surface area contributed by atoms with Crippen LogP contribution in [-0.2, 0) is 17.6 Å². The summed E-state index contributed by atoms with van der Waals surface area (Å²) in [5.41, 5.74) is 9.32. The second-order valence-corrected chi connectivity index (χ2v) is 9.51. The van der Waals surface area contributed by atoms with Gasteiger partial charge in [0.15, 0.2) is 0 Å². The Balaban J connectivity index is 0.000000376. The summed E-state index contributed by atoms with van der Waals surface area (Å²) in [7, 11) is 0. The average molecular weight is 467 g/mol. The van der Waals surface area contributed by atoms with Crippen LogP contribution in [0.25, 0.3) is 10.2 Å². The lowest BCUT2D eigenvalue weighted by Gasteiger charge is -2.25. The molecule has 5 rings (SSSR count). The standard InChI is InChI=1S/C20H23N5OS.C4H7NO/c1-3-26-16-8-14(22)12(9-21)7-15(16)25-19-18-13-5-4-11(2)6-17(13)27-20(18)24-10-23-19;6-4-5-2-1-3-5/h7-11,21H,3-6,22H2,1-2H3,(H,23,24,25);4H,1-3H2. The fourth-order valence-corrected chi connectivity index (χ4v) is 5.40. The Morgan fingerprint density at radius 2 is 2.18 bits per heavy atom. The number of likely N-dealkylation sites (tertiary alicyclic amines) is 1. The predicted octanol–water partition coefficient (Wildman–Crippen LogP) is 4.39. The Kier molecular flexibility index (Phi) is 7.08. The van der Waals surface area contributed by atoms with Crippen LogP contribution in [0.1, 0.15) is 42.7 Å². The molecule has 3 aromatic rings. The summed E-state index contributed by atoms with van der Waals surface area (Å²) in [6.07, 6.45) is 8.30. The van der Waals surface area contributed by atoms with Crippen LogP contribution in [0, 0.1) is 11.3 Å². The maximum absolute atomic E-state index is 9.71. The first-order chi connectivity index (χ1) is 16.0. The molecule has 2 aliphatic rings. The Labute approximate surface area is 197 Å². The molecule has 1 atom stereocenters. The molecule has 0 bridgehead atoms. The second kappa shape index (κ2) is 10.2. The number of benzene rings is 1. The summed E-state index contributed by atoms with van der Waals surface area (Å²) in [6.45, 7) is 6.72. The molecule has 0 spiro atoms. The summed E-state index contributed by atoms with van der Waals surface area (Å²) < 4.78 is 5.75. The number of rotatable bonds is 6. The van der Waals surface area contributed by atoms with Crippen molar-refractivity contribution in [3.05, 3.63) is 34.5 Å². The molecule has 1 amide bonds. The van der Waals surface area contributed by atoms with E-state index in [2.05, 4.69) is 22.2 Å². The first-order valence-electron chi connectivity index (χ1n) is 11.3. The van der Waals surface area contributed by atoms with Crippen molar-refractivity contribution in [3.63, 3.8) is 0 Å². The van der Waals surface area contributed by atoms with E-state index in [4.69, 9.17) is 15.9 Å². The summed E-state index contributed by atoms with van der Waals surface area (Å²) in [5.74, 6) is 2.16. The van der Waals surface area contributed by atoms with E-state index in [1.54, 1.807) is 28.6 Å². The Morgan fingerprint density at radius 3 is 2.82 bits per heavy atom. The van der Waals surface area contributed by atoms with Crippen LogP contribution < -0.4 is 15.8 Å². The van der Waals surface area contributed by atoms with Crippen molar-refractivity contribution in [2.45, 2.75) is 39.5 Å². The molecule has 9 heteroatoms. The van der Waals surface area contributed by atoms with Gasteiger partial charge in [-0.25, -0.2) is 9.97 Å². The smallest absolute Gasteiger partial charge is 0.209 e. The minimum Gasteiger partial charge on any atom is -0.492 e. The van der Waals surface area contributed by atoms with Crippen molar-refractivity contribution in [3.8, 4) is 5.75 Å². The van der Waals surface area contributed by atoms with Gasteiger partial charge >= 0.3 is 0 Å². The number of nitrogen functional groups attached to an aromatic ring is 1. The fourth-order valence-electron chi connectivity index (χ4n) is 4.05. The number of amides is 1. The van der Waals surface area contributed by atoms with Gasteiger partial charge in [-0.05, 0) is 50.2 Å². The van der Waals surface area contributed by atoms with Gasteiger partial charge in [0.1, 0.15) is 22.7 Å². The normalized spacial score (nSPS) is 16.8. The minimum absolute atomic E-state index is 0.522. The van der Waals surface area contributed by atoms with Crippen molar-refractivity contribution in [2.75, 3.05) is 30.7 Å². The number of fused-ring (bicyclic) bond motifs is 3. The topological polar surface area (TPSA) is 117 Å². The Bertz CT molecular complexity index is 1160. The number of aryl methyl sites for hydroxylation is 1. The van der Waals surface area contributed by atoms with E-state index in [0.29, 0.717) is 29.5 Å². The van der Waals surface area contributed by atoms with Gasteiger partial charge in [0, 0.05) is 41.5 Å². The first-order valence-corrected chi connectivity index (χ1v) is 12.1. The lowest BCUT2D eigenvalue weighted by Crippen LogP contribution is -2.35. The second-order valence-electron chi connectivity index (χ2n) is 8.43. The molecule has 174 valence electrons. The maximum Gasteiger partial charge on any atom is 0.209 e. The zero-order valence-electron chi connectivity index (χ0n) is 19.1. The third-order valence-corrected chi connectivity index (χ3v) is 7.19. The van der Waals surface area contributed by atoms with E-state index in [-0.39, 0.29) is 0 Å². The number of nitrogens with two attached hydrogens (primary N) is 1. The van der Waals surface area contributed by atoms with Gasteiger partial charge in [-0.15, -0.1) is 11.3 Å². The summed E-state index contributed by atoms with van der Waals surface area (Å²) >= 11 is 1.77. The summed E-state index contributed by atoms with van der Waals surface area (Å²) in [6, 6.07) is 3.59. The Hall–Kier alpha value is -3.20. The molecule has 33 heavy (non-hydrogen) atoms. The zero-order valence-corrected chi connectivity index (χ0v) is 19.9. The van der Waals surface area contributed by atoms with Gasteiger partial charge in [-0.1, -0.05) is 6.92 Å². The van der Waals surface area contributed by atoms with Crippen molar-refractivity contribution < 1.29 is 9.53 Å². The first kappa shape index (κ1) is 23.0. The molecule has 3 heterocycles. The highest BCUT2D eigenvalue weighted by Gasteiger charge is 2.23. The number of ether oxygens (including phenoxy) is 1. The number of hydrogen-bond acceptors (Lipinski definition) is 8. The molecule has 2 aromatic heterocycles.